The van der Waals surface area contributed by atoms with Crippen LogP contribution >= 0.6 is 11.6 Å². The van der Waals surface area contributed by atoms with Crippen LogP contribution in [0.25, 0.3) is 0 Å². The summed E-state index contributed by atoms with van der Waals surface area (Å²) in [6.45, 7) is 0.634. The van der Waals surface area contributed by atoms with Crippen LogP contribution in [0.5, 0.6) is 0 Å². The number of carbonyl (C=O) groups is 1. The molecule has 0 fully saturated rings. The number of nitrogens with one attached hydrogen (secondary N) is 1. The van der Waals surface area contributed by atoms with E-state index >= 15 is 0 Å². The first-order chi connectivity index (χ1) is 10.1. The summed E-state index contributed by atoms with van der Waals surface area (Å²) in [4.78, 5) is 12.0. The van der Waals surface area contributed by atoms with Crippen LogP contribution in [0.1, 0.15) is 21.6 Å². The first-order valence-electron chi connectivity index (χ1n) is 6.35. The van der Waals surface area contributed by atoms with E-state index in [-0.39, 0.29) is 12.5 Å². The van der Waals surface area contributed by atoms with E-state index in [2.05, 4.69) is 22.3 Å². The fraction of sp³-hybridized carbons (Fsp3) is 0.200. The van der Waals surface area contributed by atoms with Gasteiger partial charge in [0.2, 0.25) is 0 Å². The van der Waals surface area contributed by atoms with Crippen LogP contribution in [-0.2, 0) is 13.6 Å². The molecule has 2 rings (SSSR count). The first kappa shape index (κ1) is 15.1. The van der Waals surface area contributed by atoms with Crippen LogP contribution in [-0.4, -0.2) is 22.2 Å². The summed E-state index contributed by atoms with van der Waals surface area (Å²) in [6.07, 6.45) is 1.82. The number of hydrogen-bond acceptors (Lipinski definition) is 3. The van der Waals surface area contributed by atoms with Crippen LogP contribution in [0.3, 0.4) is 0 Å². The van der Waals surface area contributed by atoms with Crippen molar-refractivity contribution in [3.63, 3.8) is 0 Å². The fourth-order valence-electron chi connectivity index (χ4n) is 1.73. The number of aromatic nitrogens is 2. The predicted octanol–water partition coefficient (Wildman–Crippen LogP) is 1.31. The van der Waals surface area contributed by atoms with Crippen molar-refractivity contribution in [2.45, 2.75) is 6.54 Å². The van der Waals surface area contributed by atoms with Crippen LogP contribution in [0.2, 0.25) is 5.02 Å². The molecule has 0 saturated heterocycles. The molecule has 21 heavy (non-hydrogen) atoms. The molecule has 0 aliphatic heterocycles. The van der Waals surface area contributed by atoms with E-state index in [0.29, 0.717) is 22.7 Å². The van der Waals surface area contributed by atoms with Gasteiger partial charge in [0.05, 0.1) is 23.8 Å². The molecule has 0 unspecified atom stereocenters. The van der Waals surface area contributed by atoms with E-state index in [4.69, 9.17) is 17.3 Å². The zero-order chi connectivity index (χ0) is 15.2. The molecule has 1 amide bonds. The predicted molar refractivity (Wildman–Crippen MR) is 81.8 cm³/mol. The molecular weight excluding hydrogens is 288 g/mol. The quantitative estimate of drug-likeness (QED) is 0.840. The third-order valence-electron chi connectivity index (χ3n) is 2.76. The molecule has 0 spiro atoms. The molecule has 3 N–H and O–H groups in total. The van der Waals surface area contributed by atoms with Gasteiger partial charge in [-0.25, -0.2) is 0 Å². The van der Waals surface area contributed by atoms with E-state index in [9.17, 15) is 4.79 Å². The zero-order valence-corrected chi connectivity index (χ0v) is 12.3. The van der Waals surface area contributed by atoms with E-state index < -0.39 is 0 Å². The third-order valence-corrected chi connectivity index (χ3v) is 3.07. The van der Waals surface area contributed by atoms with Crippen molar-refractivity contribution in [2.24, 2.45) is 12.8 Å². The minimum Gasteiger partial charge on any atom is -0.346 e. The van der Waals surface area contributed by atoms with Gasteiger partial charge in [-0.15, -0.1) is 0 Å². The average Bonchev–Trinajstić information content (AvgIpc) is 2.89. The number of halogens is 1. The molecule has 1 heterocycles. The monoisotopic (exact) mass is 302 g/mol. The molecule has 1 aromatic carbocycles. The molecule has 0 aliphatic carbocycles. The molecule has 0 radical (unpaired) electrons. The average molecular weight is 303 g/mol. The summed E-state index contributed by atoms with van der Waals surface area (Å²) in [5.74, 6) is 5.37. The number of rotatable bonds is 3. The number of carbonyl (C=O) groups excluding carboxylic acids is 1. The van der Waals surface area contributed by atoms with E-state index in [1.54, 1.807) is 22.9 Å². The fourth-order valence-corrected chi connectivity index (χ4v) is 1.96. The highest BCUT2D eigenvalue weighted by atomic mass is 35.5. The van der Waals surface area contributed by atoms with Gasteiger partial charge >= 0.3 is 0 Å². The lowest BCUT2D eigenvalue weighted by Gasteiger charge is -2.05. The minimum atomic E-state index is -0.208. The van der Waals surface area contributed by atoms with Gasteiger partial charge in [-0.2, -0.15) is 5.10 Å². The first-order valence-corrected chi connectivity index (χ1v) is 6.73. The van der Waals surface area contributed by atoms with Crippen molar-refractivity contribution in [3.8, 4) is 11.8 Å². The molecule has 1 aromatic heterocycles. The number of nitrogens with two attached hydrogens (primary N) is 1. The van der Waals surface area contributed by atoms with Crippen molar-refractivity contribution in [1.29, 1.82) is 0 Å². The van der Waals surface area contributed by atoms with Gasteiger partial charge in [-0.3, -0.25) is 9.48 Å². The van der Waals surface area contributed by atoms with E-state index in [0.717, 1.165) is 5.69 Å². The number of nitrogens with zero attached hydrogens (tertiary/aromatic N) is 2. The summed E-state index contributed by atoms with van der Waals surface area (Å²) in [5.41, 5.74) is 7.24. The van der Waals surface area contributed by atoms with Gasteiger partial charge in [0.15, 0.2) is 0 Å². The van der Waals surface area contributed by atoms with Gasteiger partial charge in [-0.05, 0) is 24.3 Å². The molecule has 2 aromatic rings. The minimum absolute atomic E-state index is 0.208. The van der Waals surface area contributed by atoms with Crippen LogP contribution < -0.4 is 11.1 Å². The molecule has 0 saturated carbocycles. The standard InChI is InChI=1S/C15H15ClN4O/c1-20-8-6-13(19-20)10-18-15(21)12-5-4-11(3-2-7-17)14(16)9-12/h4-6,8-9H,7,10,17H2,1H3,(H,18,21). The second-order valence-corrected chi connectivity index (χ2v) is 4.77. The van der Waals surface area contributed by atoms with Crippen molar-refractivity contribution in [1.82, 2.24) is 15.1 Å². The normalized spacial score (nSPS) is 9.86. The highest BCUT2D eigenvalue weighted by Gasteiger charge is 2.08. The summed E-state index contributed by atoms with van der Waals surface area (Å²) in [5, 5.41) is 7.41. The van der Waals surface area contributed by atoms with E-state index in [1.165, 1.54) is 0 Å². The number of amides is 1. The molecule has 108 valence electrons. The smallest absolute Gasteiger partial charge is 0.251 e. The third kappa shape index (κ3) is 4.09. The number of benzene rings is 1. The summed E-state index contributed by atoms with van der Waals surface area (Å²) in [7, 11) is 1.83. The van der Waals surface area contributed by atoms with Gasteiger partial charge < -0.3 is 11.1 Å². The lowest BCUT2D eigenvalue weighted by molar-refractivity contribution is 0.0950. The second kappa shape index (κ2) is 6.93. The second-order valence-electron chi connectivity index (χ2n) is 4.36. The summed E-state index contributed by atoms with van der Waals surface area (Å²) < 4.78 is 1.68. The molecule has 5 nitrogen and oxygen atoms in total. The molecule has 0 atom stereocenters. The Bertz CT molecular complexity index is 712. The number of aryl methyl sites for hydroxylation is 1. The Kier molecular flexibility index (Phi) is 4.99. The van der Waals surface area contributed by atoms with Crippen LogP contribution in [0.15, 0.2) is 30.5 Å². The van der Waals surface area contributed by atoms with Crippen LogP contribution in [0.4, 0.5) is 0 Å². The summed E-state index contributed by atoms with van der Waals surface area (Å²) >= 11 is 6.09. The maximum atomic E-state index is 12.0. The zero-order valence-electron chi connectivity index (χ0n) is 11.6. The molecule has 0 aliphatic rings. The Labute approximate surface area is 128 Å². The van der Waals surface area contributed by atoms with E-state index in [1.807, 2.05) is 19.3 Å². The maximum Gasteiger partial charge on any atom is 0.251 e. The SMILES string of the molecule is Cn1ccc(CNC(=O)c2ccc(C#CCN)c(Cl)c2)n1. The summed E-state index contributed by atoms with van der Waals surface area (Å²) in [6, 6.07) is 6.83. The lowest BCUT2D eigenvalue weighted by Crippen LogP contribution is -2.23. The lowest BCUT2D eigenvalue weighted by atomic mass is 10.1. The molecular formula is C15H15ClN4O. The van der Waals surface area contributed by atoms with Gasteiger partial charge in [0, 0.05) is 24.4 Å². The van der Waals surface area contributed by atoms with Gasteiger partial charge in [0.25, 0.3) is 5.91 Å². The highest BCUT2D eigenvalue weighted by molar-refractivity contribution is 6.32. The van der Waals surface area contributed by atoms with Gasteiger partial charge in [0.1, 0.15) is 0 Å². The Morgan fingerprint density at radius 2 is 2.29 bits per heavy atom. The Morgan fingerprint density at radius 3 is 2.90 bits per heavy atom. The molecule has 6 heteroatoms. The highest BCUT2D eigenvalue weighted by Crippen LogP contribution is 2.17. The Morgan fingerprint density at radius 1 is 1.48 bits per heavy atom. The topological polar surface area (TPSA) is 72.9 Å². The number of hydrogen-bond donors (Lipinski definition) is 2. The van der Waals surface area contributed by atoms with Crippen molar-refractivity contribution in [3.05, 3.63) is 52.3 Å². The molecule has 0 bridgehead atoms. The van der Waals surface area contributed by atoms with Gasteiger partial charge in [-0.1, -0.05) is 23.4 Å². The van der Waals surface area contributed by atoms with Crippen molar-refractivity contribution in [2.75, 3.05) is 6.54 Å². The largest absolute Gasteiger partial charge is 0.346 e. The Balaban J connectivity index is 2.04. The maximum absolute atomic E-state index is 12.0. The van der Waals surface area contributed by atoms with Crippen molar-refractivity contribution >= 4 is 17.5 Å². The van der Waals surface area contributed by atoms with Crippen molar-refractivity contribution < 1.29 is 4.79 Å². The Hall–Kier alpha value is -2.29. The van der Waals surface area contributed by atoms with Crippen LogP contribution in [0, 0.1) is 11.8 Å².